The summed E-state index contributed by atoms with van der Waals surface area (Å²) in [6.07, 6.45) is 0. The fraction of sp³-hybridized carbons (Fsp3) is 0.240. The lowest BCUT2D eigenvalue weighted by molar-refractivity contribution is 0.269. The number of rotatable bonds is 12. The van der Waals surface area contributed by atoms with Crippen molar-refractivity contribution in [2.24, 2.45) is 0 Å². The first-order valence-corrected chi connectivity index (χ1v) is 12.9. The van der Waals surface area contributed by atoms with Gasteiger partial charge in [0.2, 0.25) is 5.16 Å². The fourth-order valence-electron chi connectivity index (χ4n) is 3.31. The van der Waals surface area contributed by atoms with E-state index in [4.69, 9.17) is 32.7 Å². The average Bonchev–Trinajstić information content (AvgIpc) is 3.34. The monoisotopic (exact) mass is 565 g/mol. The fourth-order valence-corrected chi connectivity index (χ4v) is 4.51. The highest BCUT2D eigenvalue weighted by molar-refractivity contribution is 7.99. The highest BCUT2D eigenvalue weighted by atomic mass is 35.5. The first kappa shape index (κ1) is 28.1. The number of aromatic nitrogens is 4. The minimum absolute atomic E-state index is 0. The molecule has 0 fully saturated rings. The quantitative estimate of drug-likeness (QED) is 0.160. The van der Waals surface area contributed by atoms with Crippen LogP contribution in [0.4, 0.5) is 0 Å². The highest BCUT2D eigenvalue weighted by Crippen LogP contribution is 2.37. The van der Waals surface area contributed by atoms with Gasteiger partial charge in [0.1, 0.15) is 6.61 Å². The molecule has 0 unspecified atom stereocenters. The molecule has 0 saturated carbocycles. The van der Waals surface area contributed by atoms with Crippen LogP contribution in [0.25, 0.3) is 5.69 Å². The predicted octanol–water partition coefficient (Wildman–Crippen LogP) is 6.25. The van der Waals surface area contributed by atoms with Crippen molar-refractivity contribution in [2.45, 2.75) is 25.2 Å². The number of para-hydroxylation sites is 1. The molecule has 0 aliphatic heterocycles. The first-order chi connectivity index (χ1) is 17.1. The molecule has 1 heterocycles. The Bertz CT molecular complexity index is 1230. The Morgan fingerprint density at radius 1 is 0.972 bits per heavy atom. The van der Waals surface area contributed by atoms with E-state index in [1.54, 1.807) is 16.4 Å². The van der Waals surface area contributed by atoms with Gasteiger partial charge in [-0.3, -0.25) is 0 Å². The van der Waals surface area contributed by atoms with Gasteiger partial charge in [-0.2, -0.15) is 4.68 Å². The summed E-state index contributed by atoms with van der Waals surface area (Å²) in [5.41, 5.74) is 2.94. The van der Waals surface area contributed by atoms with Gasteiger partial charge in [-0.05, 0) is 64.9 Å². The predicted molar refractivity (Wildman–Crippen MR) is 147 cm³/mol. The van der Waals surface area contributed by atoms with Crippen LogP contribution < -0.4 is 14.8 Å². The molecule has 0 radical (unpaired) electrons. The second-order valence-corrected chi connectivity index (χ2v) is 9.39. The van der Waals surface area contributed by atoms with Crippen LogP contribution in [0.2, 0.25) is 10.0 Å². The Kier molecular flexibility index (Phi) is 11.2. The lowest BCUT2D eigenvalue weighted by Crippen LogP contribution is -2.17. The molecule has 0 saturated heterocycles. The SMILES string of the molecule is CCOc1cc(CNCCSc2nnnn2-c2ccccc2)cc(Cl)c1OCc1ccc(Cl)cc1.Cl. The van der Waals surface area contributed by atoms with Crippen molar-refractivity contribution >= 4 is 47.4 Å². The maximum atomic E-state index is 6.56. The first-order valence-electron chi connectivity index (χ1n) is 11.1. The summed E-state index contributed by atoms with van der Waals surface area (Å²) in [6, 6.07) is 21.2. The second-order valence-electron chi connectivity index (χ2n) is 7.49. The Labute approximate surface area is 230 Å². The van der Waals surface area contributed by atoms with Crippen LogP contribution in [0.3, 0.4) is 0 Å². The number of ether oxygens (including phenoxy) is 2. The van der Waals surface area contributed by atoms with Crippen LogP contribution in [0.1, 0.15) is 18.1 Å². The van der Waals surface area contributed by atoms with Crippen molar-refractivity contribution in [3.8, 4) is 17.2 Å². The van der Waals surface area contributed by atoms with Crippen LogP contribution in [0, 0.1) is 0 Å². The average molecular weight is 567 g/mol. The minimum Gasteiger partial charge on any atom is -0.490 e. The van der Waals surface area contributed by atoms with Gasteiger partial charge in [-0.15, -0.1) is 17.5 Å². The number of halogens is 3. The molecule has 3 aromatic carbocycles. The lowest BCUT2D eigenvalue weighted by Gasteiger charge is -2.16. The van der Waals surface area contributed by atoms with E-state index in [9.17, 15) is 0 Å². The molecular weight excluding hydrogens is 541 g/mol. The summed E-state index contributed by atoms with van der Waals surface area (Å²) in [6.45, 7) is 4.22. The van der Waals surface area contributed by atoms with E-state index >= 15 is 0 Å². The third-order valence-electron chi connectivity index (χ3n) is 4.95. The second kappa shape index (κ2) is 14.3. The maximum absolute atomic E-state index is 6.56. The van der Waals surface area contributed by atoms with E-state index in [0.717, 1.165) is 34.3 Å². The summed E-state index contributed by atoms with van der Waals surface area (Å²) in [5.74, 6) is 1.97. The van der Waals surface area contributed by atoms with Gasteiger partial charge in [-0.1, -0.05) is 65.3 Å². The summed E-state index contributed by atoms with van der Waals surface area (Å²) in [5, 5.41) is 17.4. The lowest BCUT2D eigenvalue weighted by atomic mass is 10.2. The summed E-state index contributed by atoms with van der Waals surface area (Å²) in [7, 11) is 0. The van der Waals surface area contributed by atoms with E-state index in [1.165, 1.54) is 0 Å². The molecule has 0 aliphatic carbocycles. The van der Waals surface area contributed by atoms with Gasteiger partial charge in [0.15, 0.2) is 11.5 Å². The third kappa shape index (κ3) is 7.75. The molecule has 1 N–H and O–H groups in total. The zero-order valence-electron chi connectivity index (χ0n) is 19.6. The van der Waals surface area contributed by atoms with E-state index in [0.29, 0.717) is 41.3 Å². The number of tetrazole rings is 1. The molecule has 4 aromatic rings. The summed E-state index contributed by atoms with van der Waals surface area (Å²) >= 11 is 14.1. The van der Waals surface area contributed by atoms with Crippen LogP contribution in [-0.4, -0.2) is 39.1 Å². The van der Waals surface area contributed by atoms with Gasteiger partial charge >= 0.3 is 0 Å². The molecule has 0 spiro atoms. The molecule has 0 bridgehead atoms. The van der Waals surface area contributed by atoms with Crippen LogP contribution in [0.5, 0.6) is 11.5 Å². The third-order valence-corrected chi connectivity index (χ3v) is 6.40. The number of nitrogens with one attached hydrogen (secondary N) is 1. The standard InChI is InChI=1S/C25H25Cl2N5O2S.ClH/c1-2-33-23-15-19(14-22(27)24(23)34-17-18-8-10-20(26)11-9-18)16-28-12-13-35-25-29-30-31-32(25)21-6-4-3-5-7-21;/h3-11,14-15,28H,2,12-13,16-17H2,1H3;1H. The Morgan fingerprint density at radius 3 is 2.50 bits per heavy atom. The van der Waals surface area contributed by atoms with E-state index < -0.39 is 0 Å². The molecule has 190 valence electrons. The van der Waals surface area contributed by atoms with Crippen molar-refractivity contribution in [3.63, 3.8) is 0 Å². The topological polar surface area (TPSA) is 74.1 Å². The number of hydrogen-bond acceptors (Lipinski definition) is 7. The van der Waals surface area contributed by atoms with Crippen molar-refractivity contribution < 1.29 is 9.47 Å². The van der Waals surface area contributed by atoms with Gasteiger partial charge in [0.25, 0.3) is 0 Å². The van der Waals surface area contributed by atoms with E-state index in [-0.39, 0.29) is 12.4 Å². The Hall–Kier alpha value is -2.49. The zero-order valence-corrected chi connectivity index (χ0v) is 22.7. The number of benzene rings is 3. The highest BCUT2D eigenvalue weighted by Gasteiger charge is 2.13. The molecular formula is C25H26Cl3N5O2S. The van der Waals surface area contributed by atoms with E-state index in [2.05, 4.69) is 20.8 Å². The summed E-state index contributed by atoms with van der Waals surface area (Å²) in [4.78, 5) is 0. The van der Waals surface area contributed by atoms with Crippen molar-refractivity contribution in [1.82, 2.24) is 25.5 Å². The van der Waals surface area contributed by atoms with Gasteiger partial charge in [0.05, 0.1) is 17.3 Å². The van der Waals surface area contributed by atoms with Crippen molar-refractivity contribution in [3.05, 3.63) is 87.9 Å². The molecule has 7 nitrogen and oxygen atoms in total. The molecule has 0 amide bonds. The maximum Gasteiger partial charge on any atom is 0.214 e. The number of hydrogen-bond donors (Lipinski definition) is 1. The van der Waals surface area contributed by atoms with Gasteiger partial charge in [-0.25, -0.2) is 0 Å². The van der Waals surface area contributed by atoms with Crippen molar-refractivity contribution in [2.75, 3.05) is 18.9 Å². The smallest absolute Gasteiger partial charge is 0.214 e. The van der Waals surface area contributed by atoms with Crippen LogP contribution in [-0.2, 0) is 13.2 Å². The Balaban J connectivity index is 0.00000361. The molecule has 0 aliphatic rings. The summed E-state index contributed by atoms with van der Waals surface area (Å²) < 4.78 is 13.5. The van der Waals surface area contributed by atoms with Crippen LogP contribution in [0.15, 0.2) is 71.9 Å². The Morgan fingerprint density at radius 2 is 1.75 bits per heavy atom. The minimum atomic E-state index is 0. The normalized spacial score (nSPS) is 10.6. The van der Waals surface area contributed by atoms with Gasteiger partial charge in [0, 0.05) is 23.9 Å². The van der Waals surface area contributed by atoms with Crippen LogP contribution >= 0.6 is 47.4 Å². The number of nitrogens with zero attached hydrogens (tertiary/aromatic N) is 4. The van der Waals surface area contributed by atoms with E-state index in [1.807, 2.05) is 73.7 Å². The molecule has 36 heavy (non-hydrogen) atoms. The molecule has 0 atom stereocenters. The zero-order chi connectivity index (χ0) is 24.5. The van der Waals surface area contributed by atoms with Crippen molar-refractivity contribution in [1.29, 1.82) is 0 Å². The molecule has 11 heteroatoms. The van der Waals surface area contributed by atoms with Gasteiger partial charge < -0.3 is 14.8 Å². The molecule has 4 rings (SSSR count). The molecule has 1 aromatic heterocycles. The number of thioether (sulfide) groups is 1. The largest absolute Gasteiger partial charge is 0.490 e.